The number of methoxy groups -OCH3 is 2. The molecule has 7 heteroatoms. The summed E-state index contributed by atoms with van der Waals surface area (Å²) in [5.74, 6) is 0.181. The highest BCUT2D eigenvalue weighted by molar-refractivity contribution is 5.95. The Kier molecular flexibility index (Phi) is 8.04. The molecule has 0 radical (unpaired) electrons. The number of rotatable bonds is 8. The van der Waals surface area contributed by atoms with Crippen molar-refractivity contribution < 1.29 is 29.2 Å². The molecule has 7 nitrogen and oxygen atoms in total. The van der Waals surface area contributed by atoms with E-state index >= 15 is 0 Å². The topological polar surface area (TPSA) is 97.3 Å². The van der Waals surface area contributed by atoms with E-state index in [2.05, 4.69) is 11.9 Å². The summed E-state index contributed by atoms with van der Waals surface area (Å²) in [5, 5.41) is 23.2. The lowest BCUT2D eigenvalue weighted by molar-refractivity contribution is -0.204. The molecule has 3 N–H and O–H groups in total. The van der Waals surface area contributed by atoms with Gasteiger partial charge in [0.15, 0.2) is 0 Å². The van der Waals surface area contributed by atoms with E-state index in [9.17, 15) is 15.0 Å². The van der Waals surface area contributed by atoms with Crippen LogP contribution in [-0.4, -0.2) is 68.4 Å². The fraction of sp³-hybridized carbons (Fsp3) is 0.400. The third kappa shape index (κ3) is 4.86. The van der Waals surface area contributed by atoms with Gasteiger partial charge in [-0.2, -0.15) is 0 Å². The summed E-state index contributed by atoms with van der Waals surface area (Å²) < 4.78 is 17.1. The smallest absolute Gasteiger partial charge is 0.251 e. The van der Waals surface area contributed by atoms with Gasteiger partial charge in [0, 0.05) is 32.1 Å². The maximum Gasteiger partial charge on any atom is 0.251 e. The first-order valence-corrected chi connectivity index (χ1v) is 10.6. The molecule has 32 heavy (non-hydrogen) atoms. The number of aliphatic hydroxyl groups excluding tert-OH is 2. The molecule has 0 spiro atoms. The van der Waals surface area contributed by atoms with Crippen molar-refractivity contribution in [2.75, 3.05) is 27.9 Å². The molecule has 1 fully saturated rings. The number of benzene rings is 2. The molecule has 0 aliphatic carbocycles. The Morgan fingerprint density at radius 2 is 1.94 bits per heavy atom. The van der Waals surface area contributed by atoms with Gasteiger partial charge in [-0.3, -0.25) is 4.79 Å². The lowest BCUT2D eigenvalue weighted by Gasteiger charge is -2.43. The molecular formula is C25H31NO6. The summed E-state index contributed by atoms with van der Waals surface area (Å²) in [6.45, 7) is 3.59. The van der Waals surface area contributed by atoms with Crippen LogP contribution in [0.3, 0.4) is 0 Å². The number of carbonyl (C=O) groups excluding carboxylic acids is 1. The highest BCUT2D eigenvalue weighted by Gasteiger charge is 2.44. The zero-order valence-electron chi connectivity index (χ0n) is 18.7. The summed E-state index contributed by atoms with van der Waals surface area (Å²) >= 11 is 0. The van der Waals surface area contributed by atoms with Gasteiger partial charge in [-0.1, -0.05) is 30.3 Å². The molecule has 1 aliphatic rings. The monoisotopic (exact) mass is 441 g/mol. The zero-order chi connectivity index (χ0) is 23.3. The third-order valence-electron chi connectivity index (χ3n) is 5.99. The van der Waals surface area contributed by atoms with Crippen molar-refractivity contribution in [2.24, 2.45) is 5.92 Å². The molecule has 1 saturated heterocycles. The van der Waals surface area contributed by atoms with Crippen molar-refractivity contribution in [1.82, 2.24) is 5.32 Å². The molecule has 5 unspecified atom stereocenters. The van der Waals surface area contributed by atoms with Crippen LogP contribution in [0, 0.1) is 5.92 Å². The predicted octanol–water partition coefficient (Wildman–Crippen LogP) is 2.20. The SMILES string of the molecule is C=CC1C(CO)OC(Cc2ccc(-c3cccc(C(=O)NC)c3)cc2OC)C(O)C1OC. The third-order valence-corrected chi connectivity index (χ3v) is 5.99. The number of hydrogen-bond donors (Lipinski definition) is 3. The van der Waals surface area contributed by atoms with Crippen LogP contribution in [0.15, 0.2) is 55.1 Å². The van der Waals surface area contributed by atoms with Crippen LogP contribution < -0.4 is 10.1 Å². The average Bonchev–Trinajstić information content (AvgIpc) is 2.84. The number of ether oxygens (including phenoxy) is 3. The van der Waals surface area contributed by atoms with Crippen molar-refractivity contribution in [3.63, 3.8) is 0 Å². The minimum atomic E-state index is -0.889. The second kappa shape index (κ2) is 10.7. The predicted molar refractivity (Wildman–Crippen MR) is 122 cm³/mol. The standard InChI is InChI=1S/C25H31NO6/c1-5-19-22(14-27)32-21(23(28)24(19)31-4)13-17-10-9-16(12-20(17)30-3)15-7-6-8-18(11-15)25(29)26-2/h5-12,19,21-24,27-28H,1,13-14H2,2-4H3,(H,26,29). The van der Waals surface area contributed by atoms with Gasteiger partial charge in [0.1, 0.15) is 11.9 Å². The second-order valence-electron chi connectivity index (χ2n) is 7.79. The average molecular weight is 442 g/mol. The van der Waals surface area contributed by atoms with Crippen molar-refractivity contribution in [3.05, 3.63) is 66.2 Å². The number of carbonyl (C=O) groups is 1. The van der Waals surface area contributed by atoms with Crippen LogP contribution in [0.4, 0.5) is 0 Å². The Balaban J connectivity index is 1.87. The summed E-state index contributed by atoms with van der Waals surface area (Å²) in [5.41, 5.74) is 3.21. The first kappa shape index (κ1) is 23.9. The van der Waals surface area contributed by atoms with Crippen molar-refractivity contribution >= 4 is 5.91 Å². The van der Waals surface area contributed by atoms with E-state index in [-0.39, 0.29) is 18.4 Å². The number of amides is 1. The number of nitrogens with one attached hydrogen (secondary N) is 1. The first-order valence-electron chi connectivity index (χ1n) is 10.6. The number of aliphatic hydroxyl groups is 2. The molecule has 0 saturated carbocycles. The minimum absolute atomic E-state index is 0.150. The van der Waals surface area contributed by atoms with Crippen LogP contribution in [0.2, 0.25) is 0 Å². The minimum Gasteiger partial charge on any atom is -0.496 e. The van der Waals surface area contributed by atoms with E-state index in [1.54, 1.807) is 26.3 Å². The van der Waals surface area contributed by atoms with Crippen LogP contribution in [0.1, 0.15) is 15.9 Å². The maximum atomic E-state index is 12.0. The van der Waals surface area contributed by atoms with E-state index in [1.165, 1.54) is 7.11 Å². The quantitative estimate of drug-likeness (QED) is 0.544. The fourth-order valence-electron chi connectivity index (χ4n) is 4.26. The Hall–Kier alpha value is -2.71. The van der Waals surface area contributed by atoms with Crippen LogP contribution in [0.25, 0.3) is 11.1 Å². The molecule has 2 aromatic carbocycles. The number of hydrogen-bond acceptors (Lipinski definition) is 6. The van der Waals surface area contributed by atoms with E-state index in [1.807, 2.05) is 36.4 Å². The fourth-order valence-corrected chi connectivity index (χ4v) is 4.26. The molecule has 1 aliphatic heterocycles. The van der Waals surface area contributed by atoms with Gasteiger partial charge in [-0.25, -0.2) is 0 Å². The Morgan fingerprint density at radius 1 is 1.19 bits per heavy atom. The van der Waals surface area contributed by atoms with Gasteiger partial charge in [-0.05, 0) is 34.9 Å². The molecule has 3 rings (SSSR count). The van der Waals surface area contributed by atoms with Crippen LogP contribution in [-0.2, 0) is 15.9 Å². The van der Waals surface area contributed by atoms with Gasteiger partial charge in [0.2, 0.25) is 0 Å². The van der Waals surface area contributed by atoms with Gasteiger partial charge in [-0.15, -0.1) is 6.58 Å². The molecule has 0 bridgehead atoms. The molecule has 1 amide bonds. The van der Waals surface area contributed by atoms with Crippen LogP contribution in [0.5, 0.6) is 5.75 Å². The molecule has 1 heterocycles. The van der Waals surface area contributed by atoms with Crippen molar-refractivity contribution in [1.29, 1.82) is 0 Å². The Labute approximate surface area is 188 Å². The normalized spacial score (nSPS) is 25.2. The Morgan fingerprint density at radius 3 is 2.56 bits per heavy atom. The second-order valence-corrected chi connectivity index (χ2v) is 7.79. The summed E-state index contributed by atoms with van der Waals surface area (Å²) in [4.78, 5) is 12.0. The van der Waals surface area contributed by atoms with Crippen molar-refractivity contribution in [3.8, 4) is 16.9 Å². The molecule has 172 valence electrons. The van der Waals surface area contributed by atoms with Gasteiger partial charge in [0.25, 0.3) is 5.91 Å². The van der Waals surface area contributed by atoms with E-state index in [4.69, 9.17) is 14.2 Å². The Bertz CT molecular complexity index is 946. The van der Waals surface area contributed by atoms with Gasteiger partial charge in [0.05, 0.1) is 32.0 Å². The maximum absolute atomic E-state index is 12.0. The van der Waals surface area contributed by atoms with Gasteiger partial charge >= 0.3 is 0 Å². The molecule has 2 aromatic rings. The van der Waals surface area contributed by atoms with E-state index < -0.39 is 24.4 Å². The highest BCUT2D eigenvalue weighted by Crippen LogP contribution is 2.34. The molecule has 0 aromatic heterocycles. The first-order chi connectivity index (χ1) is 15.5. The van der Waals surface area contributed by atoms with E-state index in [0.29, 0.717) is 17.7 Å². The summed E-state index contributed by atoms with van der Waals surface area (Å²) in [7, 11) is 4.72. The zero-order valence-corrected chi connectivity index (χ0v) is 18.7. The van der Waals surface area contributed by atoms with Crippen LogP contribution >= 0.6 is 0 Å². The summed E-state index contributed by atoms with van der Waals surface area (Å²) in [6, 6.07) is 13.1. The lowest BCUT2D eigenvalue weighted by Crippen LogP contribution is -2.56. The lowest BCUT2D eigenvalue weighted by atomic mass is 9.84. The van der Waals surface area contributed by atoms with Gasteiger partial charge < -0.3 is 29.7 Å². The summed E-state index contributed by atoms with van der Waals surface area (Å²) in [6.07, 6.45) is -0.478. The molecular weight excluding hydrogens is 410 g/mol. The van der Waals surface area contributed by atoms with Crippen molar-refractivity contribution in [2.45, 2.75) is 30.8 Å². The highest BCUT2D eigenvalue weighted by atomic mass is 16.5. The van der Waals surface area contributed by atoms with E-state index in [0.717, 1.165) is 16.7 Å². The largest absolute Gasteiger partial charge is 0.496 e. The molecule has 5 atom stereocenters.